The van der Waals surface area contributed by atoms with Crippen LogP contribution < -0.4 is 5.32 Å². The fraction of sp³-hybridized carbons (Fsp3) is 0.250. The second-order valence-corrected chi connectivity index (χ2v) is 7.49. The lowest BCUT2D eigenvalue weighted by Gasteiger charge is -2.26. The normalized spacial score (nSPS) is 13.0. The predicted octanol–water partition coefficient (Wildman–Crippen LogP) is 4.61. The van der Waals surface area contributed by atoms with Crippen molar-refractivity contribution in [2.75, 3.05) is 14.2 Å². The predicted molar refractivity (Wildman–Crippen MR) is 89.1 cm³/mol. The lowest BCUT2D eigenvalue weighted by atomic mass is 10.2. The third kappa shape index (κ3) is 4.19. The van der Waals surface area contributed by atoms with Crippen LogP contribution in [0.4, 0.5) is 0 Å². The highest BCUT2D eigenvalue weighted by molar-refractivity contribution is 7.54. The zero-order chi connectivity index (χ0) is 16.0. The molecule has 0 aromatic heterocycles. The molecule has 0 amide bonds. The highest BCUT2D eigenvalue weighted by Crippen LogP contribution is 2.58. The van der Waals surface area contributed by atoms with Crippen molar-refractivity contribution in [3.05, 3.63) is 70.7 Å². The van der Waals surface area contributed by atoms with Gasteiger partial charge in [-0.1, -0.05) is 54.1 Å². The van der Waals surface area contributed by atoms with Crippen LogP contribution in [0.3, 0.4) is 0 Å². The van der Waals surface area contributed by atoms with E-state index in [-0.39, 0.29) is 0 Å². The van der Waals surface area contributed by atoms with Crippen molar-refractivity contribution in [1.82, 2.24) is 5.32 Å². The Bertz CT molecular complexity index is 626. The molecule has 0 radical (unpaired) electrons. The SMILES string of the molecule is COP(=O)(OC)[C@H](NCc1ccccc1)c1ccc(Cl)cc1. The molecule has 0 saturated heterocycles. The molecule has 4 nitrogen and oxygen atoms in total. The van der Waals surface area contributed by atoms with Gasteiger partial charge < -0.3 is 9.05 Å². The first-order valence-corrected chi connectivity index (χ1v) is 8.82. The summed E-state index contributed by atoms with van der Waals surface area (Å²) in [6, 6.07) is 17.0. The van der Waals surface area contributed by atoms with Crippen molar-refractivity contribution >= 4 is 19.2 Å². The highest BCUT2D eigenvalue weighted by Gasteiger charge is 2.35. The second kappa shape index (κ2) is 7.91. The summed E-state index contributed by atoms with van der Waals surface area (Å²) in [5.41, 5.74) is 1.88. The van der Waals surface area contributed by atoms with E-state index in [0.29, 0.717) is 11.6 Å². The Balaban J connectivity index is 2.25. The van der Waals surface area contributed by atoms with Crippen molar-refractivity contribution < 1.29 is 13.6 Å². The van der Waals surface area contributed by atoms with Gasteiger partial charge in [-0.2, -0.15) is 0 Å². The summed E-state index contributed by atoms with van der Waals surface area (Å²) in [5.74, 6) is -0.569. The molecule has 0 aliphatic carbocycles. The Morgan fingerprint density at radius 2 is 1.64 bits per heavy atom. The number of hydrogen-bond donors (Lipinski definition) is 1. The molecule has 0 unspecified atom stereocenters. The third-order valence-corrected chi connectivity index (χ3v) is 5.74. The molecule has 1 atom stereocenters. The smallest absolute Gasteiger partial charge is 0.311 e. The summed E-state index contributed by atoms with van der Waals surface area (Å²) in [6.45, 7) is 0.546. The molecule has 2 rings (SSSR count). The number of benzene rings is 2. The van der Waals surface area contributed by atoms with Gasteiger partial charge in [0.05, 0.1) is 0 Å². The molecule has 6 heteroatoms. The molecule has 0 saturated carbocycles. The molecular weight excluding hydrogens is 321 g/mol. The molecule has 0 aliphatic heterocycles. The fourth-order valence-electron chi connectivity index (χ4n) is 2.15. The first-order valence-electron chi connectivity index (χ1n) is 6.83. The Labute approximate surface area is 135 Å². The van der Waals surface area contributed by atoms with Gasteiger partial charge in [-0.05, 0) is 23.3 Å². The summed E-state index contributed by atoms with van der Waals surface area (Å²) in [7, 11) is -0.547. The highest BCUT2D eigenvalue weighted by atomic mass is 35.5. The molecule has 1 N–H and O–H groups in total. The maximum Gasteiger partial charge on any atom is 0.351 e. The number of halogens is 1. The van der Waals surface area contributed by atoms with Crippen LogP contribution in [0.5, 0.6) is 0 Å². The van der Waals surface area contributed by atoms with Crippen LogP contribution in [0.2, 0.25) is 5.02 Å². The third-order valence-electron chi connectivity index (χ3n) is 3.35. The van der Waals surface area contributed by atoms with E-state index in [4.69, 9.17) is 20.6 Å². The van der Waals surface area contributed by atoms with Gasteiger partial charge in [-0.3, -0.25) is 9.88 Å². The monoisotopic (exact) mass is 339 g/mol. The van der Waals surface area contributed by atoms with E-state index in [1.165, 1.54) is 14.2 Å². The van der Waals surface area contributed by atoms with Gasteiger partial charge in [0.25, 0.3) is 0 Å². The van der Waals surface area contributed by atoms with Crippen molar-refractivity contribution in [1.29, 1.82) is 0 Å². The van der Waals surface area contributed by atoms with Crippen LogP contribution in [-0.4, -0.2) is 14.2 Å². The summed E-state index contributed by atoms with van der Waals surface area (Å²) in [4.78, 5) is 0. The maximum atomic E-state index is 12.8. The molecule has 0 spiro atoms. The Hall–Kier alpha value is -1.16. The van der Waals surface area contributed by atoms with Gasteiger partial charge in [-0.15, -0.1) is 0 Å². The standard InChI is InChI=1S/C16H19ClNO3P/c1-20-22(19,21-2)16(14-8-10-15(17)11-9-14)18-12-13-6-4-3-5-7-13/h3-11,16,18H,12H2,1-2H3/t16-/m0/s1. The van der Waals surface area contributed by atoms with E-state index in [2.05, 4.69) is 5.32 Å². The molecule has 118 valence electrons. The van der Waals surface area contributed by atoms with Gasteiger partial charge in [0, 0.05) is 25.8 Å². The average molecular weight is 340 g/mol. The van der Waals surface area contributed by atoms with Crippen LogP contribution in [0.15, 0.2) is 54.6 Å². The number of hydrogen-bond acceptors (Lipinski definition) is 4. The van der Waals surface area contributed by atoms with E-state index in [1.807, 2.05) is 42.5 Å². The topological polar surface area (TPSA) is 47.6 Å². The Morgan fingerprint density at radius 3 is 2.18 bits per heavy atom. The minimum atomic E-state index is -3.32. The van der Waals surface area contributed by atoms with Gasteiger partial charge in [0.15, 0.2) is 0 Å². The van der Waals surface area contributed by atoms with Crippen LogP contribution in [0, 0.1) is 0 Å². The van der Waals surface area contributed by atoms with Crippen molar-refractivity contribution in [2.24, 2.45) is 0 Å². The largest absolute Gasteiger partial charge is 0.351 e. The molecule has 0 aliphatic rings. The number of rotatable bonds is 7. The van der Waals surface area contributed by atoms with Crippen molar-refractivity contribution in [3.63, 3.8) is 0 Å². The molecular formula is C16H19ClNO3P. The van der Waals surface area contributed by atoms with E-state index >= 15 is 0 Å². The first kappa shape index (κ1) is 17.2. The van der Waals surface area contributed by atoms with E-state index < -0.39 is 13.4 Å². The Kier molecular flexibility index (Phi) is 6.18. The maximum absolute atomic E-state index is 12.8. The summed E-state index contributed by atoms with van der Waals surface area (Å²) in [6.07, 6.45) is 0. The quantitative estimate of drug-likeness (QED) is 0.748. The molecule has 0 bridgehead atoms. The molecule has 0 heterocycles. The van der Waals surface area contributed by atoms with Gasteiger partial charge in [-0.25, -0.2) is 0 Å². The summed E-state index contributed by atoms with van der Waals surface area (Å²) in [5, 5.41) is 3.88. The van der Waals surface area contributed by atoms with Gasteiger partial charge >= 0.3 is 7.60 Å². The van der Waals surface area contributed by atoms with Gasteiger partial charge in [0.1, 0.15) is 5.78 Å². The van der Waals surface area contributed by atoms with E-state index in [1.54, 1.807) is 12.1 Å². The zero-order valence-corrected chi connectivity index (χ0v) is 14.2. The summed E-state index contributed by atoms with van der Waals surface area (Å²) >= 11 is 5.92. The van der Waals surface area contributed by atoms with Gasteiger partial charge in [0.2, 0.25) is 0 Å². The summed E-state index contributed by atoms with van der Waals surface area (Å²) < 4.78 is 23.1. The lowest BCUT2D eigenvalue weighted by molar-refractivity contribution is 0.259. The van der Waals surface area contributed by atoms with Crippen LogP contribution >= 0.6 is 19.2 Å². The van der Waals surface area contributed by atoms with Crippen LogP contribution in [0.1, 0.15) is 16.9 Å². The van der Waals surface area contributed by atoms with Crippen LogP contribution in [-0.2, 0) is 20.2 Å². The van der Waals surface area contributed by atoms with Crippen molar-refractivity contribution in [2.45, 2.75) is 12.3 Å². The van der Waals surface area contributed by atoms with Crippen molar-refractivity contribution in [3.8, 4) is 0 Å². The Morgan fingerprint density at radius 1 is 1.05 bits per heavy atom. The fourth-order valence-corrected chi connectivity index (χ4v) is 3.70. The van der Waals surface area contributed by atoms with E-state index in [9.17, 15) is 4.57 Å². The zero-order valence-electron chi connectivity index (χ0n) is 12.5. The molecule has 2 aromatic carbocycles. The minimum Gasteiger partial charge on any atom is -0.311 e. The molecule has 0 fully saturated rings. The number of nitrogens with one attached hydrogen (secondary N) is 1. The van der Waals surface area contributed by atoms with Crippen LogP contribution in [0.25, 0.3) is 0 Å². The average Bonchev–Trinajstić information content (AvgIpc) is 2.57. The minimum absolute atomic E-state index is 0.546. The lowest BCUT2D eigenvalue weighted by Crippen LogP contribution is -2.22. The molecule has 22 heavy (non-hydrogen) atoms. The van der Waals surface area contributed by atoms with E-state index in [0.717, 1.165) is 11.1 Å². The molecule has 2 aromatic rings. The second-order valence-electron chi connectivity index (χ2n) is 4.73. The first-order chi connectivity index (χ1) is 10.6.